The van der Waals surface area contributed by atoms with Gasteiger partial charge in [-0.15, -0.1) is 0 Å². The molecule has 0 aliphatic heterocycles. The quantitative estimate of drug-likeness (QED) is 0.371. The molecule has 44 valence electrons. The Morgan fingerprint density at radius 3 is 1.14 bits per heavy atom. The van der Waals surface area contributed by atoms with Crippen LogP contribution in [0, 0.1) is 0 Å². The van der Waals surface area contributed by atoms with E-state index in [1.54, 1.807) is 0 Å². The van der Waals surface area contributed by atoms with Gasteiger partial charge in [0.25, 0.3) is 0 Å². The van der Waals surface area contributed by atoms with Gasteiger partial charge in [0.15, 0.2) is 0 Å². The molecule has 0 amide bonds. The molecule has 0 aromatic heterocycles. The summed E-state index contributed by atoms with van der Waals surface area (Å²) >= 11 is -5.35. The summed E-state index contributed by atoms with van der Waals surface area (Å²) in [6.45, 7) is 0. The van der Waals surface area contributed by atoms with E-state index in [-0.39, 0.29) is 28.5 Å². The van der Waals surface area contributed by atoms with Gasteiger partial charge in [-0.1, -0.05) is 0 Å². The molecular weight excluding hydrogens is 226 g/mol. The molecule has 0 fully saturated rings. The minimum atomic E-state index is -5.35. The second-order valence-electron chi connectivity index (χ2n) is 0.513. The summed E-state index contributed by atoms with van der Waals surface area (Å²) in [5, 5.41) is 0. The van der Waals surface area contributed by atoms with Crippen LogP contribution in [0.4, 0.5) is 0 Å². The van der Waals surface area contributed by atoms with Gasteiger partial charge in [0.1, 0.15) is 0 Å². The first-order chi connectivity index (χ1) is 2.00. The summed E-state index contributed by atoms with van der Waals surface area (Å²) in [4.78, 5) is 0. The van der Waals surface area contributed by atoms with E-state index in [9.17, 15) is 0 Å². The van der Waals surface area contributed by atoms with E-state index >= 15 is 0 Å². The summed E-state index contributed by atoms with van der Waals surface area (Å²) in [6.07, 6.45) is 0. The zero-order valence-electron chi connectivity index (χ0n) is 2.70. The maximum atomic E-state index is 8.97. The van der Waals surface area contributed by atoms with Crippen molar-refractivity contribution in [2.75, 3.05) is 0 Å². The topological polar surface area (TPSA) is 109 Å². The van der Waals surface area contributed by atoms with Gasteiger partial charge in [-0.3, -0.25) is 0 Å². The van der Waals surface area contributed by atoms with Crippen LogP contribution in [0.3, 0.4) is 0 Å². The molecule has 0 radical (unpaired) electrons. The van der Waals surface area contributed by atoms with E-state index in [1.165, 1.54) is 0 Å². The monoisotopic (exact) mass is 232 g/mol. The van der Waals surface area contributed by atoms with E-state index in [1.807, 2.05) is 0 Å². The summed E-state index contributed by atoms with van der Waals surface area (Å²) in [5.74, 6) is 0. The predicted molar refractivity (Wildman–Crippen MR) is 25.3 cm³/mol. The molecule has 0 bridgehead atoms. The van der Waals surface area contributed by atoms with Crippen LogP contribution in [-0.2, 0) is 3.02 Å². The molecule has 7 heavy (non-hydrogen) atoms. The molecular formula is H7MgO5Sb. The first kappa shape index (κ1) is 15.7. The van der Waals surface area contributed by atoms with E-state index in [2.05, 4.69) is 0 Å². The van der Waals surface area contributed by atoms with Crippen LogP contribution in [0.5, 0.6) is 0 Å². The second kappa shape index (κ2) is 5.36. The third kappa shape index (κ3) is 132. The molecule has 0 aromatic carbocycles. The van der Waals surface area contributed by atoms with Crippen molar-refractivity contribution in [2.45, 2.75) is 0 Å². The standard InChI is InChI=1S/Mg.4H2O.O.Sb.2H/h;4*1H2;;;;/q;;;;;;+3;;/p-3. The minimum absolute atomic E-state index is 0. The normalized spacial score (nSPS) is 8.43. The van der Waals surface area contributed by atoms with Crippen molar-refractivity contribution in [1.29, 1.82) is 0 Å². The van der Waals surface area contributed by atoms with Gasteiger partial charge in [0, 0.05) is 0 Å². The van der Waals surface area contributed by atoms with Crippen LogP contribution >= 0.6 is 0 Å². The molecule has 5 N–H and O–H groups in total. The van der Waals surface area contributed by atoms with Crippen molar-refractivity contribution in [2.24, 2.45) is 0 Å². The Kier molecular flexibility index (Phi) is 12.0. The molecule has 5 nitrogen and oxygen atoms in total. The van der Waals surface area contributed by atoms with Gasteiger partial charge in [-0.2, -0.15) is 0 Å². The van der Waals surface area contributed by atoms with Crippen molar-refractivity contribution in [3.05, 3.63) is 0 Å². The van der Waals surface area contributed by atoms with Gasteiger partial charge < -0.3 is 5.48 Å². The van der Waals surface area contributed by atoms with Crippen molar-refractivity contribution < 1.29 is 18.6 Å². The number of hydrogen-bond acceptors (Lipinski definition) is 1. The van der Waals surface area contributed by atoms with E-state index in [0.29, 0.717) is 0 Å². The van der Waals surface area contributed by atoms with Crippen molar-refractivity contribution in [3.8, 4) is 0 Å². The van der Waals surface area contributed by atoms with Gasteiger partial charge in [-0.05, 0) is 0 Å². The molecule has 0 rings (SSSR count). The first-order valence-electron chi connectivity index (χ1n) is 0.783. The second-order valence-corrected chi connectivity index (χ2v) is 3.44. The summed E-state index contributed by atoms with van der Waals surface area (Å²) in [7, 11) is 0. The van der Waals surface area contributed by atoms with Gasteiger partial charge >= 0.3 is 56.3 Å². The summed E-state index contributed by atoms with van der Waals surface area (Å²) < 4.78 is 30.8. The average molecular weight is 233 g/mol. The molecule has 0 saturated carbocycles. The van der Waals surface area contributed by atoms with Crippen LogP contribution < -0.4 is 0 Å². The zero-order chi connectivity index (χ0) is 4.50. The van der Waals surface area contributed by atoms with Crippen LogP contribution in [0.2, 0.25) is 0 Å². The molecule has 7 heteroatoms. The fourth-order valence-corrected chi connectivity index (χ4v) is 0. The molecule has 0 aliphatic carbocycles. The summed E-state index contributed by atoms with van der Waals surface area (Å²) in [5.41, 5.74) is 0. The van der Waals surface area contributed by atoms with Crippen LogP contribution in [0.15, 0.2) is 0 Å². The van der Waals surface area contributed by atoms with Crippen LogP contribution in [-0.4, -0.2) is 58.7 Å². The fourth-order valence-electron chi connectivity index (χ4n) is 0. The number of hydrogen-bond donors (Lipinski definition) is 3. The van der Waals surface area contributed by atoms with Crippen LogP contribution in [0.25, 0.3) is 0 Å². The van der Waals surface area contributed by atoms with Crippen molar-refractivity contribution in [1.82, 2.24) is 0 Å². The predicted octanol–water partition coefficient (Wildman–Crippen LogP) is -3.91. The Morgan fingerprint density at radius 1 is 1.14 bits per heavy atom. The SMILES string of the molecule is O.[MgH2].[O]=[Sb]([OH])([OH])[OH]. The Morgan fingerprint density at radius 2 is 1.14 bits per heavy atom. The van der Waals surface area contributed by atoms with Crippen LogP contribution in [0.1, 0.15) is 0 Å². The molecule has 0 aromatic rings. The third-order valence-corrected chi connectivity index (χ3v) is 0. The van der Waals surface area contributed by atoms with Crippen molar-refractivity contribution in [3.63, 3.8) is 0 Å². The summed E-state index contributed by atoms with van der Waals surface area (Å²) in [6, 6.07) is 0. The Balaban J connectivity index is -0.0000000800. The molecule has 0 saturated heterocycles. The Bertz CT molecular complexity index is 54.2. The molecule has 0 atom stereocenters. The average Bonchev–Trinajstić information content (AvgIpc) is 0.722. The van der Waals surface area contributed by atoms with Gasteiger partial charge in [0.05, 0.1) is 0 Å². The molecule has 0 spiro atoms. The first-order valence-corrected chi connectivity index (χ1v) is 5.25. The van der Waals surface area contributed by atoms with Gasteiger partial charge in [0.2, 0.25) is 0 Å². The Labute approximate surface area is 61.5 Å². The third-order valence-electron chi connectivity index (χ3n) is 0. The van der Waals surface area contributed by atoms with Gasteiger partial charge in [-0.25, -0.2) is 0 Å². The fraction of sp³-hybridized carbons (Fsp3) is 0. The maximum absolute atomic E-state index is 8.97. The molecule has 0 heterocycles. The van der Waals surface area contributed by atoms with E-state index in [0.717, 1.165) is 0 Å². The zero-order valence-corrected chi connectivity index (χ0v) is 5.25. The van der Waals surface area contributed by atoms with E-state index < -0.39 is 20.1 Å². The molecule has 0 aliphatic rings. The Hall–Kier alpha value is 1.22. The number of rotatable bonds is 0. The van der Waals surface area contributed by atoms with Crippen molar-refractivity contribution >= 4 is 43.1 Å². The molecule has 0 unspecified atom stereocenters. The van der Waals surface area contributed by atoms with E-state index in [4.69, 9.17) is 13.2 Å².